The zero-order chi connectivity index (χ0) is 20.3. The van der Waals surface area contributed by atoms with Crippen LogP contribution in [0.15, 0.2) is 54.9 Å². The quantitative estimate of drug-likeness (QED) is 0.629. The SMILES string of the molecule is COc1ccc2cccc(N3CCN(Cc4cncc(C5=CCCC5)c4)CC3)c2n1. The molecule has 2 aromatic heterocycles. The van der Waals surface area contributed by atoms with Crippen molar-refractivity contribution >= 4 is 22.2 Å². The zero-order valence-electron chi connectivity index (χ0n) is 17.6. The Morgan fingerprint density at radius 2 is 1.93 bits per heavy atom. The first-order chi connectivity index (χ1) is 14.8. The third-order valence-electron chi connectivity index (χ3n) is 6.21. The highest BCUT2D eigenvalue weighted by atomic mass is 16.5. The Kier molecular flexibility index (Phi) is 5.37. The number of benzene rings is 1. The van der Waals surface area contributed by atoms with Crippen molar-refractivity contribution in [3.05, 3.63) is 66.0 Å². The van der Waals surface area contributed by atoms with E-state index in [1.807, 2.05) is 18.5 Å². The van der Waals surface area contributed by atoms with Gasteiger partial charge in [0.25, 0.3) is 0 Å². The molecule has 0 spiro atoms. The summed E-state index contributed by atoms with van der Waals surface area (Å²) in [4.78, 5) is 14.2. The van der Waals surface area contributed by atoms with Gasteiger partial charge in [-0.15, -0.1) is 0 Å². The van der Waals surface area contributed by atoms with Crippen LogP contribution >= 0.6 is 0 Å². The van der Waals surface area contributed by atoms with Crippen molar-refractivity contribution in [2.75, 3.05) is 38.2 Å². The number of ether oxygens (including phenoxy) is 1. The number of pyridine rings is 2. The van der Waals surface area contributed by atoms with Crippen molar-refractivity contribution < 1.29 is 4.74 Å². The summed E-state index contributed by atoms with van der Waals surface area (Å²) in [6.45, 7) is 5.02. The highest BCUT2D eigenvalue weighted by Gasteiger charge is 2.20. The van der Waals surface area contributed by atoms with Crippen LogP contribution in [-0.2, 0) is 6.54 Å². The van der Waals surface area contributed by atoms with E-state index in [1.54, 1.807) is 7.11 Å². The largest absolute Gasteiger partial charge is 0.481 e. The summed E-state index contributed by atoms with van der Waals surface area (Å²) in [5, 5.41) is 1.15. The standard InChI is InChI=1S/C25H28N4O/c1-30-24-10-9-21-7-4-8-23(25(21)27-24)29-13-11-28(12-14-29)18-19-15-22(17-26-16-19)20-5-2-3-6-20/h4-5,7-10,15-17H,2-3,6,11-14,18H2,1H3. The number of anilines is 1. The van der Waals surface area contributed by atoms with Gasteiger partial charge in [-0.2, -0.15) is 0 Å². The minimum atomic E-state index is 0.665. The van der Waals surface area contributed by atoms with Crippen LogP contribution in [0.5, 0.6) is 5.88 Å². The van der Waals surface area contributed by atoms with Crippen molar-refractivity contribution in [1.29, 1.82) is 0 Å². The second kappa shape index (κ2) is 8.44. The molecule has 1 aromatic carbocycles. The van der Waals surface area contributed by atoms with E-state index in [4.69, 9.17) is 9.72 Å². The molecule has 30 heavy (non-hydrogen) atoms. The molecular formula is C25H28N4O. The Morgan fingerprint density at radius 1 is 1.03 bits per heavy atom. The number of aromatic nitrogens is 2. The van der Waals surface area contributed by atoms with Gasteiger partial charge in [0.2, 0.25) is 5.88 Å². The summed E-state index contributed by atoms with van der Waals surface area (Å²) in [6, 6.07) is 12.7. The first-order valence-electron chi connectivity index (χ1n) is 10.8. The Hall–Kier alpha value is -2.92. The van der Waals surface area contributed by atoms with E-state index >= 15 is 0 Å². The van der Waals surface area contributed by atoms with Gasteiger partial charge in [-0.05, 0) is 54.2 Å². The maximum atomic E-state index is 5.35. The molecule has 5 rings (SSSR count). The van der Waals surface area contributed by atoms with Crippen LogP contribution in [-0.4, -0.2) is 48.2 Å². The van der Waals surface area contributed by atoms with Crippen LogP contribution in [0, 0.1) is 0 Å². The Morgan fingerprint density at radius 3 is 2.73 bits per heavy atom. The van der Waals surface area contributed by atoms with E-state index in [-0.39, 0.29) is 0 Å². The molecule has 1 aliphatic carbocycles. The zero-order valence-corrected chi connectivity index (χ0v) is 17.6. The number of fused-ring (bicyclic) bond motifs is 1. The molecule has 0 radical (unpaired) electrons. The third kappa shape index (κ3) is 3.90. The fourth-order valence-electron chi connectivity index (χ4n) is 4.57. The van der Waals surface area contributed by atoms with Gasteiger partial charge in [-0.1, -0.05) is 18.2 Å². The molecule has 1 aliphatic heterocycles. The third-order valence-corrected chi connectivity index (χ3v) is 6.21. The first kappa shape index (κ1) is 19.1. The van der Waals surface area contributed by atoms with Crippen LogP contribution in [0.25, 0.3) is 16.5 Å². The van der Waals surface area contributed by atoms with E-state index < -0.39 is 0 Å². The molecular weight excluding hydrogens is 372 g/mol. The van der Waals surface area contributed by atoms with Gasteiger partial charge in [0.05, 0.1) is 18.3 Å². The number of para-hydroxylation sites is 1. The molecule has 1 saturated heterocycles. The smallest absolute Gasteiger partial charge is 0.213 e. The lowest BCUT2D eigenvalue weighted by Crippen LogP contribution is -2.46. The van der Waals surface area contributed by atoms with Crippen LogP contribution in [0.4, 0.5) is 5.69 Å². The number of rotatable bonds is 5. The van der Waals surface area contributed by atoms with Crippen LogP contribution in [0.2, 0.25) is 0 Å². The maximum absolute atomic E-state index is 5.35. The molecule has 0 N–H and O–H groups in total. The number of hydrogen-bond acceptors (Lipinski definition) is 5. The Balaban J connectivity index is 1.27. The molecule has 1 fully saturated rings. The monoisotopic (exact) mass is 400 g/mol. The number of allylic oxidation sites excluding steroid dienone is 2. The summed E-state index contributed by atoms with van der Waals surface area (Å²) < 4.78 is 5.35. The molecule has 5 heteroatoms. The summed E-state index contributed by atoms with van der Waals surface area (Å²) in [6.07, 6.45) is 10.1. The summed E-state index contributed by atoms with van der Waals surface area (Å²) in [5.41, 5.74) is 6.30. The van der Waals surface area contributed by atoms with E-state index in [9.17, 15) is 0 Å². The molecule has 2 aliphatic rings. The normalized spacial score (nSPS) is 17.4. The molecule has 5 nitrogen and oxygen atoms in total. The average Bonchev–Trinajstić information content (AvgIpc) is 3.34. The Labute approximate surface area is 178 Å². The molecule has 154 valence electrons. The van der Waals surface area contributed by atoms with Crippen LogP contribution in [0.1, 0.15) is 30.4 Å². The predicted molar refractivity (Wildman–Crippen MR) is 122 cm³/mol. The molecule has 0 atom stereocenters. The minimum Gasteiger partial charge on any atom is -0.481 e. The predicted octanol–water partition coefficient (Wildman–Crippen LogP) is 4.53. The molecule has 3 aromatic rings. The lowest BCUT2D eigenvalue weighted by atomic mass is 10.1. The molecule has 0 amide bonds. The lowest BCUT2D eigenvalue weighted by Gasteiger charge is -2.36. The van der Waals surface area contributed by atoms with Crippen molar-refractivity contribution in [3.63, 3.8) is 0 Å². The average molecular weight is 401 g/mol. The molecule has 0 unspecified atom stereocenters. The van der Waals surface area contributed by atoms with Crippen molar-refractivity contribution in [2.24, 2.45) is 0 Å². The van der Waals surface area contributed by atoms with E-state index in [2.05, 4.69) is 51.2 Å². The first-order valence-corrected chi connectivity index (χ1v) is 10.8. The molecule has 0 saturated carbocycles. The number of nitrogens with zero attached hydrogens (tertiary/aromatic N) is 4. The van der Waals surface area contributed by atoms with Gasteiger partial charge in [0, 0.05) is 56.6 Å². The fourth-order valence-corrected chi connectivity index (χ4v) is 4.57. The van der Waals surface area contributed by atoms with Crippen molar-refractivity contribution in [1.82, 2.24) is 14.9 Å². The highest BCUT2D eigenvalue weighted by Crippen LogP contribution is 2.29. The second-order valence-electron chi connectivity index (χ2n) is 8.17. The van der Waals surface area contributed by atoms with E-state index in [1.165, 1.54) is 41.6 Å². The second-order valence-corrected chi connectivity index (χ2v) is 8.17. The van der Waals surface area contributed by atoms with Crippen molar-refractivity contribution in [3.8, 4) is 5.88 Å². The highest BCUT2D eigenvalue weighted by molar-refractivity contribution is 5.91. The summed E-state index contributed by atoms with van der Waals surface area (Å²) in [5.74, 6) is 0.665. The fraction of sp³-hybridized carbons (Fsp3) is 0.360. The van der Waals surface area contributed by atoms with Gasteiger partial charge in [-0.25, -0.2) is 4.98 Å². The van der Waals surface area contributed by atoms with Crippen molar-refractivity contribution in [2.45, 2.75) is 25.8 Å². The van der Waals surface area contributed by atoms with Crippen LogP contribution in [0.3, 0.4) is 0 Å². The van der Waals surface area contributed by atoms with Gasteiger partial charge in [0.1, 0.15) is 0 Å². The lowest BCUT2D eigenvalue weighted by molar-refractivity contribution is 0.250. The summed E-state index contributed by atoms with van der Waals surface area (Å²) in [7, 11) is 1.67. The maximum Gasteiger partial charge on any atom is 0.213 e. The number of methoxy groups -OCH3 is 1. The summed E-state index contributed by atoms with van der Waals surface area (Å²) >= 11 is 0. The minimum absolute atomic E-state index is 0.665. The van der Waals surface area contributed by atoms with Gasteiger partial charge >= 0.3 is 0 Å². The number of piperazine rings is 1. The van der Waals surface area contributed by atoms with E-state index in [0.29, 0.717) is 5.88 Å². The topological polar surface area (TPSA) is 41.5 Å². The number of hydrogen-bond donors (Lipinski definition) is 0. The van der Waals surface area contributed by atoms with Gasteiger partial charge in [0.15, 0.2) is 0 Å². The molecule has 0 bridgehead atoms. The molecule has 3 heterocycles. The van der Waals surface area contributed by atoms with Gasteiger partial charge < -0.3 is 9.64 Å². The Bertz CT molecular complexity index is 1070. The van der Waals surface area contributed by atoms with E-state index in [0.717, 1.165) is 43.6 Å². The van der Waals surface area contributed by atoms with Crippen LogP contribution < -0.4 is 9.64 Å². The van der Waals surface area contributed by atoms with Gasteiger partial charge in [-0.3, -0.25) is 9.88 Å².